The van der Waals surface area contributed by atoms with Crippen LogP contribution in [0.1, 0.15) is 39.2 Å². The van der Waals surface area contributed by atoms with E-state index in [4.69, 9.17) is 10.00 Å². The number of hydrogen-bond acceptors (Lipinski definition) is 3. The Kier molecular flexibility index (Phi) is 6.58. The van der Waals surface area contributed by atoms with Crippen molar-refractivity contribution in [1.82, 2.24) is 5.32 Å². The Hall–Kier alpha value is -2.02. The molecule has 4 heteroatoms. The number of rotatable bonds is 7. The van der Waals surface area contributed by atoms with Crippen molar-refractivity contribution < 1.29 is 9.53 Å². The van der Waals surface area contributed by atoms with Crippen LogP contribution in [0, 0.1) is 17.2 Å². The Bertz CT molecular complexity index is 478. The standard InChI is InChI=1S/C16H22N2O2/c1-12(2)7-8-13(3)18-16(19)11-20-15-6-4-5-14(9-15)10-17/h4-6,9,12-13H,7-8,11H2,1-3H3,(H,18,19). The lowest BCUT2D eigenvalue weighted by molar-refractivity contribution is -0.123. The van der Waals surface area contributed by atoms with Crippen molar-refractivity contribution in [3.05, 3.63) is 29.8 Å². The fourth-order valence-corrected chi connectivity index (χ4v) is 1.78. The van der Waals surface area contributed by atoms with Crippen LogP contribution in [0.2, 0.25) is 0 Å². The smallest absolute Gasteiger partial charge is 0.258 e. The molecule has 1 aromatic rings. The van der Waals surface area contributed by atoms with Gasteiger partial charge in [0, 0.05) is 6.04 Å². The van der Waals surface area contributed by atoms with Gasteiger partial charge >= 0.3 is 0 Å². The van der Waals surface area contributed by atoms with E-state index < -0.39 is 0 Å². The van der Waals surface area contributed by atoms with Crippen molar-refractivity contribution in [3.63, 3.8) is 0 Å². The summed E-state index contributed by atoms with van der Waals surface area (Å²) in [6, 6.07) is 8.97. The Morgan fingerprint density at radius 1 is 1.35 bits per heavy atom. The second-order valence-electron chi connectivity index (χ2n) is 5.37. The van der Waals surface area contributed by atoms with Gasteiger partial charge in [-0.1, -0.05) is 19.9 Å². The molecule has 0 saturated carbocycles. The monoisotopic (exact) mass is 274 g/mol. The second-order valence-corrected chi connectivity index (χ2v) is 5.37. The topological polar surface area (TPSA) is 62.1 Å². The lowest BCUT2D eigenvalue weighted by atomic mass is 10.0. The van der Waals surface area contributed by atoms with E-state index in [0.29, 0.717) is 17.2 Å². The molecule has 0 aliphatic heterocycles. The summed E-state index contributed by atoms with van der Waals surface area (Å²) in [4.78, 5) is 11.7. The third-order valence-corrected chi connectivity index (χ3v) is 2.92. The molecule has 0 radical (unpaired) electrons. The molecule has 0 spiro atoms. The zero-order valence-electron chi connectivity index (χ0n) is 12.3. The molecule has 0 fully saturated rings. The fourth-order valence-electron chi connectivity index (χ4n) is 1.78. The largest absolute Gasteiger partial charge is 0.484 e. The van der Waals surface area contributed by atoms with E-state index in [2.05, 4.69) is 19.2 Å². The zero-order chi connectivity index (χ0) is 15.0. The summed E-state index contributed by atoms with van der Waals surface area (Å²) in [6.45, 7) is 6.30. The average molecular weight is 274 g/mol. The summed E-state index contributed by atoms with van der Waals surface area (Å²) in [5, 5.41) is 11.7. The number of carbonyl (C=O) groups excluding carboxylic acids is 1. The number of hydrogen-bond donors (Lipinski definition) is 1. The van der Waals surface area contributed by atoms with E-state index in [1.165, 1.54) is 0 Å². The Morgan fingerprint density at radius 2 is 2.10 bits per heavy atom. The van der Waals surface area contributed by atoms with Gasteiger partial charge in [-0.15, -0.1) is 0 Å². The highest BCUT2D eigenvalue weighted by Gasteiger charge is 2.09. The minimum Gasteiger partial charge on any atom is -0.484 e. The third kappa shape index (κ3) is 6.24. The highest BCUT2D eigenvalue weighted by Crippen LogP contribution is 2.12. The van der Waals surface area contributed by atoms with E-state index >= 15 is 0 Å². The minimum atomic E-state index is -0.136. The molecule has 0 aromatic heterocycles. The van der Waals surface area contributed by atoms with Crippen molar-refractivity contribution >= 4 is 5.91 Å². The van der Waals surface area contributed by atoms with Crippen LogP contribution >= 0.6 is 0 Å². The van der Waals surface area contributed by atoms with Gasteiger partial charge in [0.25, 0.3) is 5.91 Å². The van der Waals surface area contributed by atoms with Crippen LogP contribution in [-0.2, 0) is 4.79 Å². The van der Waals surface area contributed by atoms with Crippen LogP contribution in [0.5, 0.6) is 5.75 Å². The van der Waals surface area contributed by atoms with Gasteiger partial charge in [-0.2, -0.15) is 5.26 Å². The molecule has 1 rings (SSSR count). The molecule has 1 amide bonds. The van der Waals surface area contributed by atoms with Crippen molar-refractivity contribution in [2.24, 2.45) is 5.92 Å². The Morgan fingerprint density at radius 3 is 2.75 bits per heavy atom. The average Bonchev–Trinajstić information content (AvgIpc) is 2.43. The predicted octanol–water partition coefficient (Wildman–Crippen LogP) is 2.88. The SMILES string of the molecule is CC(C)CCC(C)NC(=O)COc1cccc(C#N)c1. The quantitative estimate of drug-likeness (QED) is 0.831. The first kappa shape index (κ1) is 16.0. The van der Waals surface area contributed by atoms with Crippen LogP contribution < -0.4 is 10.1 Å². The van der Waals surface area contributed by atoms with Crippen molar-refractivity contribution in [3.8, 4) is 11.8 Å². The molecule has 0 saturated heterocycles. The lowest BCUT2D eigenvalue weighted by Gasteiger charge is -2.15. The lowest BCUT2D eigenvalue weighted by Crippen LogP contribution is -2.36. The summed E-state index contributed by atoms with van der Waals surface area (Å²) in [7, 11) is 0. The van der Waals surface area contributed by atoms with Crippen LogP contribution in [0.4, 0.5) is 0 Å². The van der Waals surface area contributed by atoms with Gasteiger partial charge in [0.2, 0.25) is 0 Å². The number of nitriles is 1. The number of nitrogens with one attached hydrogen (secondary N) is 1. The number of nitrogens with zero attached hydrogens (tertiary/aromatic N) is 1. The zero-order valence-corrected chi connectivity index (χ0v) is 12.3. The van der Waals surface area contributed by atoms with Gasteiger partial charge in [0.05, 0.1) is 11.6 Å². The summed E-state index contributed by atoms with van der Waals surface area (Å²) in [5.41, 5.74) is 0.521. The molecule has 0 bridgehead atoms. The first-order valence-electron chi connectivity index (χ1n) is 6.93. The molecule has 20 heavy (non-hydrogen) atoms. The molecule has 1 aromatic carbocycles. The molecular formula is C16H22N2O2. The Balaban J connectivity index is 2.34. The maximum absolute atomic E-state index is 11.7. The van der Waals surface area contributed by atoms with E-state index in [-0.39, 0.29) is 18.6 Å². The van der Waals surface area contributed by atoms with E-state index in [1.54, 1.807) is 24.3 Å². The molecular weight excluding hydrogens is 252 g/mol. The summed E-state index contributed by atoms with van der Waals surface area (Å²) < 4.78 is 5.37. The summed E-state index contributed by atoms with van der Waals surface area (Å²) >= 11 is 0. The first-order valence-corrected chi connectivity index (χ1v) is 6.93. The van der Waals surface area contributed by atoms with E-state index in [0.717, 1.165) is 12.8 Å². The maximum Gasteiger partial charge on any atom is 0.258 e. The Labute approximate surface area is 120 Å². The van der Waals surface area contributed by atoms with E-state index in [1.807, 2.05) is 13.0 Å². The second kappa shape index (κ2) is 8.21. The van der Waals surface area contributed by atoms with Crippen molar-refractivity contribution in [2.45, 2.75) is 39.7 Å². The molecule has 0 aliphatic carbocycles. The highest BCUT2D eigenvalue weighted by atomic mass is 16.5. The van der Waals surface area contributed by atoms with Crippen LogP contribution in [0.15, 0.2) is 24.3 Å². The van der Waals surface area contributed by atoms with Gasteiger partial charge in [-0.3, -0.25) is 4.79 Å². The molecule has 0 heterocycles. The van der Waals surface area contributed by atoms with Crippen LogP contribution in [0.25, 0.3) is 0 Å². The molecule has 4 nitrogen and oxygen atoms in total. The number of amides is 1. The fraction of sp³-hybridized carbons (Fsp3) is 0.500. The third-order valence-electron chi connectivity index (χ3n) is 2.92. The summed E-state index contributed by atoms with van der Waals surface area (Å²) in [6.07, 6.45) is 2.06. The minimum absolute atomic E-state index is 0.0269. The van der Waals surface area contributed by atoms with Crippen molar-refractivity contribution in [1.29, 1.82) is 5.26 Å². The van der Waals surface area contributed by atoms with Gasteiger partial charge in [-0.05, 0) is 43.9 Å². The van der Waals surface area contributed by atoms with E-state index in [9.17, 15) is 4.79 Å². The predicted molar refractivity (Wildman–Crippen MR) is 78.3 cm³/mol. The number of benzene rings is 1. The molecule has 1 N–H and O–H groups in total. The molecule has 1 atom stereocenters. The molecule has 1 unspecified atom stereocenters. The normalized spacial score (nSPS) is 11.8. The maximum atomic E-state index is 11.7. The number of carbonyl (C=O) groups is 1. The van der Waals surface area contributed by atoms with Crippen LogP contribution in [0.3, 0.4) is 0 Å². The first-order chi connectivity index (χ1) is 9.51. The van der Waals surface area contributed by atoms with Crippen molar-refractivity contribution in [2.75, 3.05) is 6.61 Å². The highest BCUT2D eigenvalue weighted by molar-refractivity contribution is 5.77. The van der Waals surface area contributed by atoms with Gasteiger partial charge in [0.15, 0.2) is 6.61 Å². The van der Waals surface area contributed by atoms with Gasteiger partial charge in [-0.25, -0.2) is 0 Å². The van der Waals surface area contributed by atoms with Gasteiger partial charge in [0.1, 0.15) is 5.75 Å². The molecule has 0 aliphatic rings. The van der Waals surface area contributed by atoms with Crippen LogP contribution in [-0.4, -0.2) is 18.6 Å². The number of ether oxygens (including phenoxy) is 1. The van der Waals surface area contributed by atoms with Gasteiger partial charge < -0.3 is 10.1 Å². The molecule has 108 valence electrons. The summed E-state index contributed by atoms with van der Waals surface area (Å²) in [5.74, 6) is 1.04.